The van der Waals surface area contributed by atoms with Gasteiger partial charge in [0.15, 0.2) is 5.65 Å². The molecule has 0 unspecified atom stereocenters. The first-order valence-electron chi connectivity index (χ1n) is 5.60. The zero-order valence-electron chi connectivity index (χ0n) is 10.4. The summed E-state index contributed by atoms with van der Waals surface area (Å²) in [4.78, 5) is 25.0. The molecule has 2 heterocycles. The summed E-state index contributed by atoms with van der Waals surface area (Å²) in [7, 11) is 0. The lowest BCUT2D eigenvalue weighted by molar-refractivity contribution is 0.0528. The van der Waals surface area contributed by atoms with Gasteiger partial charge in [-0.25, -0.2) is 4.79 Å². The Hall–Kier alpha value is -2.31. The average molecular weight is 253 g/mol. The molecule has 0 atom stereocenters. The zero-order valence-corrected chi connectivity index (χ0v) is 10.4. The third kappa shape index (κ3) is 2.50. The summed E-state index contributed by atoms with van der Waals surface area (Å²) in [5, 5.41) is 13.2. The predicted octanol–water partition coefficient (Wildman–Crippen LogP) is 0.931. The molecule has 0 bridgehead atoms. The van der Waals surface area contributed by atoms with Gasteiger partial charge < -0.3 is 14.8 Å². The average Bonchev–Trinajstić information content (AvgIpc) is 2.76. The van der Waals surface area contributed by atoms with Crippen molar-refractivity contribution in [1.82, 2.24) is 14.6 Å². The lowest BCUT2D eigenvalue weighted by Gasteiger charge is -1.99. The van der Waals surface area contributed by atoms with Crippen LogP contribution in [0.5, 0.6) is 5.88 Å². The van der Waals surface area contributed by atoms with Crippen LogP contribution in [0.3, 0.4) is 0 Å². The number of hydrogen-bond acceptors (Lipinski definition) is 5. The number of carbonyl (C=O) groups is 1. The molecule has 18 heavy (non-hydrogen) atoms. The highest BCUT2D eigenvalue weighted by Gasteiger charge is 2.16. The van der Waals surface area contributed by atoms with E-state index in [0.29, 0.717) is 0 Å². The van der Waals surface area contributed by atoms with Crippen molar-refractivity contribution in [2.24, 2.45) is 0 Å². The van der Waals surface area contributed by atoms with Gasteiger partial charge in [0.25, 0.3) is 5.56 Å². The summed E-state index contributed by atoms with van der Waals surface area (Å²) >= 11 is 0. The van der Waals surface area contributed by atoms with Gasteiger partial charge in [-0.2, -0.15) is 9.61 Å². The number of carbonyl (C=O) groups excluding carboxylic acids is 1. The molecule has 2 N–H and O–H groups in total. The third-order valence-electron chi connectivity index (χ3n) is 1.98. The number of hydrogen-bond donors (Lipinski definition) is 2. The normalized spacial score (nSPS) is 9.72. The van der Waals surface area contributed by atoms with Crippen LogP contribution in [0.4, 0.5) is 0 Å². The van der Waals surface area contributed by atoms with Gasteiger partial charge in [-0.15, -0.1) is 0 Å². The number of esters is 1. The lowest BCUT2D eigenvalue weighted by Crippen LogP contribution is -2.10. The first-order valence-corrected chi connectivity index (χ1v) is 5.60. The summed E-state index contributed by atoms with van der Waals surface area (Å²) < 4.78 is 5.83. The summed E-state index contributed by atoms with van der Waals surface area (Å²) in [6.45, 7) is 5.89. The van der Waals surface area contributed by atoms with E-state index in [-0.39, 0.29) is 23.7 Å². The minimum Gasteiger partial charge on any atom is -0.493 e. The molecule has 2 aromatic heterocycles. The summed E-state index contributed by atoms with van der Waals surface area (Å²) in [5.41, 5.74) is -0.297. The van der Waals surface area contributed by atoms with Gasteiger partial charge in [0.2, 0.25) is 5.88 Å². The highest BCUT2D eigenvalue weighted by molar-refractivity contribution is 5.95. The highest BCUT2D eigenvalue weighted by atomic mass is 16.5. The van der Waals surface area contributed by atoms with Crippen molar-refractivity contribution >= 4 is 11.6 Å². The van der Waals surface area contributed by atoms with Crippen LogP contribution in [-0.4, -0.2) is 32.3 Å². The Kier molecular flexibility index (Phi) is 4.47. The quantitative estimate of drug-likeness (QED) is 0.776. The molecule has 2 aromatic rings. The molecule has 0 spiro atoms. The number of aromatic hydroxyl groups is 1. The smallest absolute Gasteiger partial charge is 0.343 e. The molecule has 7 nitrogen and oxygen atoms in total. The van der Waals surface area contributed by atoms with Crippen LogP contribution >= 0.6 is 0 Å². The van der Waals surface area contributed by atoms with Crippen LogP contribution in [0.25, 0.3) is 5.65 Å². The molecule has 98 valence electrons. The molecule has 0 aromatic carbocycles. The van der Waals surface area contributed by atoms with Crippen molar-refractivity contribution in [1.29, 1.82) is 0 Å². The fraction of sp³-hybridized carbons (Fsp3) is 0.364. The van der Waals surface area contributed by atoms with Gasteiger partial charge in [-0.05, 0) is 6.92 Å². The minimum atomic E-state index is -0.598. The van der Waals surface area contributed by atoms with Crippen molar-refractivity contribution < 1.29 is 14.6 Å². The number of rotatable bonds is 2. The Bertz CT molecular complexity index is 600. The van der Waals surface area contributed by atoms with Crippen LogP contribution in [0.1, 0.15) is 31.1 Å². The molecule has 0 amide bonds. The van der Waals surface area contributed by atoms with Crippen molar-refractivity contribution in [2.45, 2.75) is 20.8 Å². The molecule has 0 fully saturated rings. The minimum absolute atomic E-state index is 0.106. The van der Waals surface area contributed by atoms with Crippen LogP contribution in [0.2, 0.25) is 0 Å². The molecule has 2 rings (SSSR count). The van der Waals surface area contributed by atoms with E-state index in [1.165, 1.54) is 6.20 Å². The van der Waals surface area contributed by atoms with Gasteiger partial charge in [0.1, 0.15) is 5.56 Å². The Morgan fingerprint density at radius 1 is 1.56 bits per heavy atom. The second-order valence-corrected chi connectivity index (χ2v) is 3.03. The van der Waals surface area contributed by atoms with Crippen molar-refractivity contribution in [3.63, 3.8) is 0 Å². The summed E-state index contributed by atoms with van der Waals surface area (Å²) in [5.74, 6) is -0.937. The third-order valence-corrected chi connectivity index (χ3v) is 1.98. The summed E-state index contributed by atoms with van der Waals surface area (Å²) in [6.07, 6.45) is 1.23. The number of ether oxygens (including phenoxy) is 1. The van der Waals surface area contributed by atoms with E-state index in [1.807, 2.05) is 13.8 Å². The fourth-order valence-corrected chi connectivity index (χ4v) is 1.33. The Morgan fingerprint density at radius 3 is 2.83 bits per heavy atom. The number of fused-ring (bicyclic) bond motifs is 1. The van der Waals surface area contributed by atoms with Gasteiger partial charge in [-0.1, -0.05) is 13.8 Å². The molecule has 0 saturated carbocycles. The van der Waals surface area contributed by atoms with Crippen LogP contribution < -0.4 is 5.56 Å². The molecule has 7 heteroatoms. The van der Waals surface area contributed by atoms with E-state index in [2.05, 4.69) is 10.1 Å². The van der Waals surface area contributed by atoms with Gasteiger partial charge in [-0.3, -0.25) is 4.79 Å². The van der Waals surface area contributed by atoms with Crippen LogP contribution in [0, 0.1) is 0 Å². The van der Waals surface area contributed by atoms with Gasteiger partial charge >= 0.3 is 5.97 Å². The number of H-pyrrole nitrogens is 1. The monoisotopic (exact) mass is 253 g/mol. The number of nitrogens with zero attached hydrogens (tertiary/aromatic N) is 2. The maximum absolute atomic E-state index is 11.5. The van der Waals surface area contributed by atoms with E-state index >= 15 is 0 Å². The number of aromatic amines is 1. The molecule has 0 radical (unpaired) electrons. The largest absolute Gasteiger partial charge is 0.493 e. The van der Waals surface area contributed by atoms with E-state index in [4.69, 9.17) is 4.74 Å². The summed E-state index contributed by atoms with van der Waals surface area (Å²) in [6, 6.07) is 0.967. The SMILES string of the molecule is CC.CCOC(=O)c1cnn2c(O)cc(=O)[nH]c12. The number of aromatic nitrogens is 3. The van der Waals surface area contributed by atoms with E-state index < -0.39 is 11.5 Å². The molecular weight excluding hydrogens is 238 g/mol. The maximum Gasteiger partial charge on any atom is 0.343 e. The maximum atomic E-state index is 11.5. The van der Waals surface area contributed by atoms with E-state index in [1.54, 1.807) is 6.92 Å². The lowest BCUT2D eigenvalue weighted by atomic mass is 10.3. The van der Waals surface area contributed by atoms with E-state index in [9.17, 15) is 14.7 Å². The predicted molar refractivity (Wildman–Crippen MR) is 64.8 cm³/mol. The Labute approximate surface area is 103 Å². The topological polar surface area (TPSA) is 96.7 Å². The van der Waals surface area contributed by atoms with Gasteiger partial charge in [0.05, 0.1) is 18.9 Å². The highest BCUT2D eigenvalue weighted by Crippen LogP contribution is 2.12. The first kappa shape index (κ1) is 13.8. The number of nitrogens with one attached hydrogen (secondary N) is 1. The second-order valence-electron chi connectivity index (χ2n) is 3.03. The standard InChI is InChI=1S/C9H9N3O4.C2H6/c1-2-16-9(15)5-4-10-12-7(14)3-6(13)11-8(5)12;1-2/h3-4,14H,2H2,1H3,(H,11,13);1-2H3. The van der Waals surface area contributed by atoms with Crippen LogP contribution in [0.15, 0.2) is 17.1 Å². The van der Waals surface area contributed by atoms with Gasteiger partial charge in [0, 0.05) is 0 Å². The van der Waals surface area contributed by atoms with Crippen molar-refractivity contribution in [2.75, 3.05) is 6.61 Å². The zero-order chi connectivity index (χ0) is 13.7. The molecule has 0 aliphatic carbocycles. The molecule has 0 saturated heterocycles. The van der Waals surface area contributed by atoms with E-state index in [0.717, 1.165) is 10.6 Å². The fourth-order valence-electron chi connectivity index (χ4n) is 1.33. The van der Waals surface area contributed by atoms with Crippen molar-refractivity contribution in [3.8, 4) is 5.88 Å². The molecule has 0 aliphatic rings. The molecule has 0 aliphatic heterocycles. The molecular formula is C11H15N3O4. The van der Waals surface area contributed by atoms with Crippen molar-refractivity contribution in [3.05, 3.63) is 28.2 Å². The second kappa shape index (κ2) is 5.85. The Morgan fingerprint density at radius 2 is 2.22 bits per heavy atom. The Balaban J connectivity index is 0.000000771. The van der Waals surface area contributed by atoms with Crippen LogP contribution in [-0.2, 0) is 4.74 Å². The first-order chi connectivity index (χ1) is 8.63.